The van der Waals surface area contributed by atoms with Gasteiger partial charge in [0.2, 0.25) is 0 Å². The van der Waals surface area contributed by atoms with Crippen LogP contribution in [0.15, 0.2) is 41.1 Å². The summed E-state index contributed by atoms with van der Waals surface area (Å²) in [4.78, 5) is 8.38. The topological polar surface area (TPSA) is 25.8 Å². The Morgan fingerprint density at radius 2 is 1.86 bits per heavy atom. The molecule has 70 valence electrons. The number of nitrogens with zero attached hydrogens (tertiary/aromatic N) is 2. The fraction of sp³-hybridized carbons (Fsp3) is 0.0909. The molecule has 0 aliphatic heterocycles. The summed E-state index contributed by atoms with van der Waals surface area (Å²) in [6.45, 7) is 2.06. The van der Waals surface area contributed by atoms with E-state index in [2.05, 4.69) is 38.9 Å². The van der Waals surface area contributed by atoms with Gasteiger partial charge in [-0.3, -0.25) is 0 Å². The maximum Gasteiger partial charge on any atom is 0.159 e. The first-order chi connectivity index (χ1) is 6.77. The molecule has 0 spiro atoms. The zero-order valence-corrected chi connectivity index (χ0v) is 9.32. The Hall–Kier alpha value is -1.22. The maximum absolute atomic E-state index is 4.19. The van der Waals surface area contributed by atoms with Crippen molar-refractivity contribution in [3.63, 3.8) is 0 Å². The minimum Gasteiger partial charge on any atom is -0.237 e. The minimum absolute atomic E-state index is 0.758. The Kier molecular flexibility index (Phi) is 2.59. The molecule has 0 atom stereocenters. The van der Waals surface area contributed by atoms with E-state index in [4.69, 9.17) is 0 Å². The molecule has 0 radical (unpaired) electrons. The first-order valence-corrected chi connectivity index (χ1v) is 5.10. The lowest BCUT2D eigenvalue weighted by Gasteiger charge is -2.01. The third kappa shape index (κ3) is 1.82. The van der Waals surface area contributed by atoms with Gasteiger partial charge < -0.3 is 0 Å². The standard InChI is InChI=1S/C11H9BrN2/c1-8-3-4-9(7-10(8)12)11-13-5-2-6-14-11/h2-7H,1H3. The molecule has 2 rings (SSSR count). The summed E-state index contributed by atoms with van der Waals surface area (Å²) in [5.41, 5.74) is 2.24. The van der Waals surface area contributed by atoms with E-state index in [9.17, 15) is 0 Å². The van der Waals surface area contributed by atoms with E-state index in [1.54, 1.807) is 12.4 Å². The van der Waals surface area contributed by atoms with Crippen molar-refractivity contribution in [2.45, 2.75) is 6.92 Å². The van der Waals surface area contributed by atoms with Crippen molar-refractivity contribution in [3.8, 4) is 11.4 Å². The summed E-state index contributed by atoms with van der Waals surface area (Å²) in [6.07, 6.45) is 3.49. The Balaban J connectivity index is 2.48. The van der Waals surface area contributed by atoms with E-state index in [1.807, 2.05) is 18.2 Å². The highest BCUT2D eigenvalue weighted by Gasteiger charge is 2.01. The van der Waals surface area contributed by atoms with E-state index in [0.717, 1.165) is 15.9 Å². The Morgan fingerprint density at radius 1 is 1.14 bits per heavy atom. The monoisotopic (exact) mass is 248 g/mol. The molecule has 14 heavy (non-hydrogen) atoms. The third-order valence-electron chi connectivity index (χ3n) is 2.00. The molecule has 3 heteroatoms. The van der Waals surface area contributed by atoms with Gasteiger partial charge in [0.25, 0.3) is 0 Å². The maximum atomic E-state index is 4.19. The molecule has 1 heterocycles. The normalized spacial score (nSPS) is 10.1. The first kappa shape index (κ1) is 9.34. The van der Waals surface area contributed by atoms with E-state index in [1.165, 1.54) is 5.56 Å². The van der Waals surface area contributed by atoms with Gasteiger partial charge in [-0.2, -0.15) is 0 Å². The van der Waals surface area contributed by atoms with Crippen LogP contribution in [-0.2, 0) is 0 Å². The summed E-state index contributed by atoms with van der Waals surface area (Å²) in [5.74, 6) is 0.758. The van der Waals surface area contributed by atoms with Crippen LogP contribution in [0.4, 0.5) is 0 Å². The average molecular weight is 249 g/mol. The van der Waals surface area contributed by atoms with Gasteiger partial charge in [0.05, 0.1) is 0 Å². The summed E-state index contributed by atoms with van der Waals surface area (Å²) >= 11 is 3.49. The summed E-state index contributed by atoms with van der Waals surface area (Å²) < 4.78 is 1.09. The van der Waals surface area contributed by atoms with Crippen molar-refractivity contribution in [1.82, 2.24) is 9.97 Å². The molecule has 0 bridgehead atoms. The zero-order chi connectivity index (χ0) is 9.97. The van der Waals surface area contributed by atoms with Gasteiger partial charge in [0, 0.05) is 22.4 Å². The molecule has 0 saturated carbocycles. The van der Waals surface area contributed by atoms with Crippen molar-refractivity contribution in [2.75, 3.05) is 0 Å². The van der Waals surface area contributed by atoms with Crippen LogP contribution in [-0.4, -0.2) is 9.97 Å². The van der Waals surface area contributed by atoms with Crippen molar-refractivity contribution >= 4 is 15.9 Å². The predicted molar refractivity (Wildman–Crippen MR) is 59.9 cm³/mol. The van der Waals surface area contributed by atoms with E-state index >= 15 is 0 Å². The Morgan fingerprint density at radius 3 is 2.50 bits per heavy atom. The number of hydrogen-bond acceptors (Lipinski definition) is 2. The molecular formula is C11H9BrN2. The van der Waals surface area contributed by atoms with E-state index in [-0.39, 0.29) is 0 Å². The predicted octanol–water partition coefficient (Wildman–Crippen LogP) is 3.21. The summed E-state index contributed by atoms with van der Waals surface area (Å²) in [7, 11) is 0. The highest BCUT2D eigenvalue weighted by molar-refractivity contribution is 9.10. The second-order valence-corrected chi connectivity index (χ2v) is 3.89. The third-order valence-corrected chi connectivity index (χ3v) is 2.85. The molecule has 0 unspecified atom stereocenters. The number of aromatic nitrogens is 2. The lowest BCUT2D eigenvalue weighted by molar-refractivity contribution is 1.17. The molecule has 1 aromatic carbocycles. The van der Waals surface area contributed by atoms with Gasteiger partial charge in [0.1, 0.15) is 0 Å². The van der Waals surface area contributed by atoms with Gasteiger partial charge in [-0.15, -0.1) is 0 Å². The van der Waals surface area contributed by atoms with Gasteiger partial charge in [-0.05, 0) is 24.6 Å². The van der Waals surface area contributed by atoms with Crippen molar-refractivity contribution < 1.29 is 0 Å². The van der Waals surface area contributed by atoms with Crippen molar-refractivity contribution in [3.05, 3.63) is 46.7 Å². The number of aryl methyl sites for hydroxylation is 1. The van der Waals surface area contributed by atoms with Crippen molar-refractivity contribution in [2.24, 2.45) is 0 Å². The van der Waals surface area contributed by atoms with Crippen LogP contribution >= 0.6 is 15.9 Å². The quantitative estimate of drug-likeness (QED) is 0.775. The molecule has 0 saturated heterocycles. The van der Waals surface area contributed by atoms with Crippen LogP contribution in [0.25, 0.3) is 11.4 Å². The van der Waals surface area contributed by atoms with E-state index in [0.29, 0.717) is 0 Å². The molecule has 0 aliphatic rings. The highest BCUT2D eigenvalue weighted by Crippen LogP contribution is 2.22. The van der Waals surface area contributed by atoms with Crippen LogP contribution < -0.4 is 0 Å². The van der Waals surface area contributed by atoms with Gasteiger partial charge in [0.15, 0.2) is 5.82 Å². The average Bonchev–Trinajstić information content (AvgIpc) is 2.23. The number of halogens is 1. The van der Waals surface area contributed by atoms with Crippen LogP contribution in [0.3, 0.4) is 0 Å². The fourth-order valence-corrected chi connectivity index (χ4v) is 1.56. The van der Waals surface area contributed by atoms with Gasteiger partial charge >= 0.3 is 0 Å². The second kappa shape index (κ2) is 3.88. The molecule has 2 aromatic rings. The second-order valence-electron chi connectivity index (χ2n) is 3.04. The highest BCUT2D eigenvalue weighted by atomic mass is 79.9. The SMILES string of the molecule is Cc1ccc(-c2ncccn2)cc1Br. The van der Waals surface area contributed by atoms with Gasteiger partial charge in [-0.1, -0.05) is 28.1 Å². The molecule has 0 amide bonds. The fourth-order valence-electron chi connectivity index (χ4n) is 1.18. The molecular weight excluding hydrogens is 240 g/mol. The van der Waals surface area contributed by atoms with Crippen LogP contribution in [0.5, 0.6) is 0 Å². The van der Waals surface area contributed by atoms with Crippen molar-refractivity contribution in [1.29, 1.82) is 0 Å². The van der Waals surface area contributed by atoms with Crippen LogP contribution in [0.1, 0.15) is 5.56 Å². The summed E-state index contributed by atoms with van der Waals surface area (Å²) in [6, 6.07) is 7.92. The smallest absolute Gasteiger partial charge is 0.159 e. The zero-order valence-electron chi connectivity index (χ0n) is 7.74. The lowest BCUT2D eigenvalue weighted by atomic mass is 10.1. The number of benzene rings is 1. The minimum atomic E-state index is 0.758. The first-order valence-electron chi connectivity index (χ1n) is 4.31. The molecule has 0 N–H and O–H groups in total. The van der Waals surface area contributed by atoms with Crippen LogP contribution in [0, 0.1) is 6.92 Å². The number of rotatable bonds is 1. The molecule has 0 aliphatic carbocycles. The lowest BCUT2D eigenvalue weighted by Crippen LogP contribution is -1.87. The Bertz CT molecular complexity index is 440. The van der Waals surface area contributed by atoms with E-state index < -0.39 is 0 Å². The molecule has 2 nitrogen and oxygen atoms in total. The largest absolute Gasteiger partial charge is 0.237 e. The Labute approximate surface area is 91.2 Å². The molecule has 1 aromatic heterocycles. The summed E-state index contributed by atoms with van der Waals surface area (Å²) in [5, 5.41) is 0. The van der Waals surface area contributed by atoms with Gasteiger partial charge in [-0.25, -0.2) is 9.97 Å². The number of hydrogen-bond donors (Lipinski definition) is 0. The molecule has 0 fully saturated rings. The van der Waals surface area contributed by atoms with Crippen LogP contribution in [0.2, 0.25) is 0 Å².